The van der Waals surface area contributed by atoms with E-state index in [4.69, 9.17) is 16.3 Å². The van der Waals surface area contributed by atoms with Crippen molar-refractivity contribution in [2.75, 3.05) is 13.2 Å². The minimum atomic E-state index is 0.348. The van der Waals surface area contributed by atoms with Crippen molar-refractivity contribution in [1.29, 1.82) is 0 Å². The first kappa shape index (κ1) is 15.8. The van der Waals surface area contributed by atoms with E-state index in [-0.39, 0.29) is 0 Å². The van der Waals surface area contributed by atoms with Crippen molar-refractivity contribution < 1.29 is 4.74 Å². The molecule has 0 spiro atoms. The fourth-order valence-corrected chi connectivity index (χ4v) is 3.27. The number of aryl methyl sites for hydroxylation is 1. The van der Waals surface area contributed by atoms with Gasteiger partial charge in [0, 0.05) is 23.6 Å². The third-order valence-electron chi connectivity index (χ3n) is 4.26. The molecule has 2 nitrogen and oxygen atoms in total. The summed E-state index contributed by atoms with van der Waals surface area (Å²) in [7, 11) is 0. The highest BCUT2D eigenvalue weighted by Crippen LogP contribution is 2.36. The molecule has 3 unspecified atom stereocenters. The maximum absolute atomic E-state index is 6.31. The molecule has 0 aliphatic carbocycles. The molecule has 20 heavy (non-hydrogen) atoms. The van der Waals surface area contributed by atoms with Crippen molar-refractivity contribution in [2.24, 2.45) is 5.92 Å². The monoisotopic (exact) mass is 295 g/mol. The van der Waals surface area contributed by atoms with Gasteiger partial charge in [0.1, 0.15) is 0 Å². The Morgan fingerprint density at radius 1 is 1.40 bits per heavy atom. The maximum atomic E-state index is 6.31. The van der Waals surface area contributed by atoms with E-state index in [9.17, 15) is 0 Å². The number of ether oxygens (including phenoxy) is 1. The van der Waals surface area contributed by atoms with Gasteiger partial charge < -0.3 is 10.1 Å². The Bertz CT molecular complexity index is 435. The van der Waals surface area contributed by atoms with Crippen molar-refractivity contribution in [2.45, 2.75) is 52.2 Å². The van der Waals surface area contributed by atoms with Gasteiger partial charge in [0.25, 0.3) is 0 Å². The van der Waals surface area contributed by atoms with Gasteiger partial charge in [-0.25, -0.2) is 0 Å². The lowest BCUT2D eigenvalue weighted by Crippen LogP contribution is -2.33. The Hall–Kier alpha value is -0.570. The van der Waals surface area contributed by atoms with E-state index in [2.05, 4.69) is 37.4 Å². The SMILES string of the molecule is CCCNC(c1ccc(C)c(Cl)c1)C1CCOC1CC. The highest BCUT2D eigenvalue weighted by Gasteiger charge is 2.34. The van der Waals surface area contributed by atoms with Gasteiger partial charge in [-0.1, -0.05) is 37.6 Å². The number of hydrogen-bond donors (Lipinski definition) is 1. The molecular weight excluding hydrogens is 270 g/mol. The van der Waals surface area contributed by atoms with Gasteiger partial charge in [0.15, 0.2) is 0 Å². The van der Waals surface area contributed by atoms with Crippen LogP contribution in [0.2, 0.25) is 5.02 Å². The molecule has 0 bridgehead atoms. The normalized spacial score (nSPS) is 24.0. The molecule has 1 heterocycles. The zero-order valence-corrected chi connectivity index (χ0v) is 13.5. The average Bonchev–Trinajstić information content (AvgIpc) is 2.91. The number of hydrogen-bond acceptors (Lipinski definition) is 2. The largest absolute Gasteiger partial charge is 0.378 e. The molecule has 1 aromatic rings. The van der Waals surface area contributed by atoms with Gasteiger partial charge in [0.2, 0.25) is 0 Å². The van der Waals surface area contributed by atoms with Crippen molar-refractivity contribution in [3.8, 4) is 0 Å². The summed E-state index contributed by atoms with van der Waals surface area (Å²) < 4.78 is 5.88. The molecule has 0 radical (unpaired) electrons. The zero-order valence-electron chi connectivity index (χ0n) is 12.8. The predicted molar refractivity (Wildman–Crippen MR) is 85.4 cm³/mol. The second-order valence-corrected chi connectivity index (χ2v) is 6.12. The van der Waals surface area contributed by atoms with Crippen molar-refractivity contribution in [3.05, 3.63) is 34.3 Å². The van der Waals surface area contributed by atoms with E-state index >= 15 is 0 Å². The fourth-order valence-electron chi connectivity index (χ4n) is 3.09. The molecule has 0 aromatic heterocycles. The average molecular weight is 296 g/mol. The van der Waals surface area contributed by atoms with Gasteiger partial charge in [-0.05, 0) is 49.9 Å². The smallest absolute Gasteiger partial charge is 0.0619 e. The van der Waals surface area contributed by atoms with Gasteiger partial charge >= 0.3 is 0 Å². The summed E-state index contributed by atoms with van der Waals surface area (Å²) in [6.45, 7) is 8.38. The lowest BCUT2D eigenvalue weighted by atomic mass is 9.86. The molecule has 1 aliphatic rings. The van der Waals surface area contributed by atoms with Crippen molar-refractivity contribution in [1.82, 2.24) is 5.32 Å². The van der Waals surface area contributed by atoms with Gasteiger partial charge in [-0.15, -0.1) is 0 Å². The third kappa shape index (κ3) is 3.55. The molecule has 1 fully saturated rings. The van der Waals surface area contributed by atoms with E-state index in [0.29, 0.717) is 18.1 Å². The van der Waals surface area contributed by atoms with E-state index < -0.39 is 0 Å². The number of nitrogens with one attached hydrogen (secondary N) is 1. The van der Waals surface area contributed by atoms with Crippen LogP contribution in [0.4, 0.5) is 0 Å². The van der Waals surface area contributed by atoms with Crippen LogP contribution in [-0.4, -0.2) is 19.3 Å². The molecule has 1 saturated heterocycles. The third-order valence-corrected chi connectivity index (χ3v) is 4.67. The Labute approximate surface area is 127 Å². The van der Waals surface area contributed by atoms with E-state index in [0.717, 1.165) is 43.0 Å². The number of benzene rings is 1. The van der Waals surface area contributed by atoms with Crippen LogP contribution in [0.1, 0.15) is 50.3 Å². The Balaban J connectivity index is 2.23. The van der Waals surface area contributed by atoms with E-state index in [1.165, 1.54) is 5.56 Å². The van der Waals surface area contributed by atoms with Crippen molar-refractivity contribution in [3.63, 3.8) is 0 Å². The van der Waals surface area contributed by atoms with E-state index in [1.807, 2.05) is 6.92 Å². The molecule has 3 atom stereocenters. The first-order chi connectivity index (χ1) is 9.67. The molecular formula is C17H26ClNO. The van der Waals surface area contributed by atoms with Crippen LogP contribution in [0.3, 0.4) is 0 Å². The quantitative estimate of drug-likeness (QED) is 0.834. The number of halogens is 1. The first-order valence-corrected chi connectivity index (χ1v) is 8.16. The van der Waals surface area contributed by atoms with Gasteiger partial charge in [-0.3, -0.25) is 0 Å². The van der Waals surface area contributed by atoms with Crippen LogP contribution in [-0.2, 0) is 4.74 Å². The fraction of sp³-hybridized carbons (Fsp3) is 0.647. The van der Waals surface area contributed by atoms with Crippen LogP contribution in [0.5, 0.6) is 0 Å². The highest BCUT2D eigenvalue weighted by atomic mass is 35.5. The summed E-state index contributed by atoms with van der Waals surface area (Å²) in [5.74, 6) is 0.547. The first-order valence-electron chi connectivity index (χ1n) is 7.78. The van der Waals surface area contributed by atoms with E-state index in [1.54, 1.807) is 0 Å². The molecule has 3 heteroatoms. The van der Waals surface area contributed by atoms with Gasteiger partial charge in [0.05, 0.1) is 6.10 Å². The molecule has 112 valence electrons. The summed E-state index contributed by atoms with van der Waals surface area (Å²) >= 11 is 6.31. The Morgan fingerprint density at radius 3 is 2.85 bits per heavy atom. The van der Waals surface area contributed by atoms with Crippen LogP contribution < -0.4 is 5.32 Å². The second-order valence-electron chi connectivity index (χ2n) is 5.71. The zero-order chi connectivity index (χ0) is 14.5. The minimum Gasteiger partial charge on any atom is -0.378 e. The standard InChI is InChI=1S/C17H26ClNO/c1-4-9-19-17(14-8-10-20-16(14)5-2)13-7-6-12(3)15(18)11-13/h6-7,11,14,16-17,19H,4-5,8-10H2,1-3H3. The summed E-state index contributed by atoms with van der Waals surface area (Å²) in [5, 5.41) is 4.56. The van der Waals surface area contributed by atoms with Crippen LogP contribution >= 0.6 is 11.6 Å². The topological polar surface area (TPSA) is 21.3 Å². The molecule has 2 rings (SSSR count). The van der Waals surface area contributed by atoms with Crippen LogP contribution in [0.15, 0.2) is 18.2 Å². The predicted octanol–water partition coefficient (Wildman–Crippen LogP) is 4.50. The second kappa shape index (κ2) is 7.44. The number of rotatable bonds is 6. The summed E-state index contributed by atoms with van der Waals surface area (Å²) in [5.41, 5.74) is 2.43. The molecule has 0 amide bonds. The Morgan fingerprint density at radius 2 is 2.20 bits per heavy atom. The molecule has 1 aromatic carbocycles. The molecule has 0 saturated carbocycles. The molecule has 1 aliphatic heterocycles. The minimum absolute atomic E-state index is 0.348. The maximum Gasteiger partial charge on any atom is 0.0619 e. The van der Waals surface area contributed by atoms with Gasteiger partial charge in [-0.2, -0.15) is 0 Å². The lowest BCUT2D eigenvalue weighted by Gasteiger charge is -2.29. The van der Waals surface area contributed by atoms with Crippen LogP contribution in [0.25, 0.3) is 0 Å². The summed E-state index contributed by atoms with van der Waals surface area (Å²) in [6.07, 6.45) is 3.71. The van der Waals surface area contributed by atoms with Crippen molar-refractivity contribution >= 4 is 11.6 Å². The highest BCUT2D eigenvalue weighted by molar-refractivity contribution is 6.31. The summed E-state index contributed by atoms with van der Waals surface area (Å²) in [4.78, 5) is 0. The lowest BCUT2D eigenvalue weighted by molar-refractivity contribution is 0.0774. The summed E-state index contributed by atoms with van der Waals surface area (Å²) in [6, 6.07) is 6.80. The Kier molecular flexibility index (Phi) is 5.88. The molecule has 1 N–H and O–H groups in total. The van der Waals surface area contributed by atoms with Crippen LogP contribution in [0, 0.1) is 12.8 Å².